The fourth-order valence-corrected chi connectivity index (χ4v) is 2.22. The summed E-state index contributed by atoms with van der Waals surface area (Å²) in [5.74, 6) is -0.0807. The van der Waals surface area contributed by atoms with Gasteiger partial charge < -0.3 is 22.1 Å². The van der Waals surface area contributed by atoms with Crippen LogP contribution in [0.3, 0.4) is 0 Å². The molecule has 0 aliphatic heterocycles. The SMILES string of the molecule is Nc1nc(Cl)c(NC=O)c(Cl)n1.Nc1nc(Cl)c(NC=O)c(Cl)n1. The van der Waals surface area contributed by atoms with Gasteiger partial charge in [0.1, 0.15) is 11.4 Å². The van der Waals surface area contributed by atoms with E-state index in [2.05, 4.69) is 30.6 Å². The topological polar surface area (TPSA) is 162 Å². The van der Waals surface area contributed by atoms with Gasteiger partial charge in [0, 0.05) is 0 Å². The molecule has 14 heteroatoms. The maximum absolute atomic E-state index is 10.0. The van der Waals surface area contributed by atoms with E-state index >= 15 is 0 Å². The van der Waals surface area contributed by atoms with Crippen LogP contribution in [0.1, 0.15) is 0 Å². The second kappa shape index (κ2) is 9.23. The van der Waals surface area contributed by atoms with Gasteiger partial charge in [-0.15, -0.1) is 0 Å². The molecule has 0 spiro atoms. The third-order valence-electron chi connectivity index (χ3n) is 2.08. The number of halogens is 4. The van der Waals surface area contributed by atoms with Crippen LogP contribution in [0.25, 0.3) is 0 Å². The van der Waals surface area contributed by atoms with E-state index in [1.807, 2.05) is 0 Å². The number of carbonyl (C=O) groups is 2. The van der Waals surface area contributed by atoms with Gasteiger partial charge in [-0.25, -0.2) is 0 Å². The molecular weight excluding hydrogens is 406 g/mol. The van der Waals surface area contributed by atoms with Crippen molar-refractivity contribution < 1.29 is 9.59 Å². The normalized spacial score (nSPS) is 9.50. The number of aromatic nitrogens is 4. The molecule has 10 nitrogen and oxygen atoms in total. The third-order valence-corrected chi connectivity index (χ3v) is 3.18. The number of carbonyl (C=O) groups excluding carboxylic acids is 2. The zero-order valence-corrected chi connectivity index (χ0v) is 14.5. The first-order chi connectivity index (χ1) is 11.3. The van der Waals surface area contributed by atoms with Crippen molar-refractivity contribution in [2.45, 2.75) is 0 Å². The van der Waals surface area contributed by atoms with Crippen LogP contribution >= 0.6 is 46.4 Å². The predicted octanol–water partition coefficient (Wildman–Crippen LogP) is 1.87. The molecular formula is C10H8Cl4N8O2. The van der Waals surface area contributed by atoms with E-state index in [9.17, 15) is 9.59 Å². The van der Waals surface area contributed by atoms with Crippen molar-refractivity contribution in [3.63, 3.8) is 0 Å². The second-order valence-electron chi connectivity index (χ2n) is 3.60. The van der Waals surface area contributed by atoms with Gasteiger partial charge in [0.05, 0.1) is 0 Å². The lowest BCUT2D eigenvalue weighted by Gasteiger charge is -2.03. The van der Waals surface area contributed by atoms with Gasteiger partial charge in [0.15, 0.2) is 20.6 Å². The Labute approximate surface area is 154 Å². The van der Waals surface area contributed by atoms with E-state index in [1.54, 1.807) is 0 Å². The first-order valence-electron chi connectivity index (χ1n) is 5.67. The predicted molar refractivity (Wildman–Crippen MR) is 92.3 cm³/mol. The summed E-state index contributed by atoms with van der Waals surface area (Å²) in [6, 6.07) is 0. The molecule has 2 rings (SSSR count). The smallest absolute Gasteiger partial charge is 0.223 e. The van der Waals surface area contributed by atoms with Crippen LogP contribution in [0.15, 0.2) is 0 Å². The quantitative estimate of drug-likeness (QED) is 0.436. The molecule has 0 fully saturated rings. The molecule has 0 atom stereocenters. The van der Waals surface area contributed by atoms with E-state index in [-0.39, 0.29) is 43.9 Å². The minimum atomic E-state index is -0.0403. The fraction of sp³-hybridized carbons (Fsp3) is 0. The summed E-state index contributed by atoms with van der Waals surface area (Å²) in [6.45, 7) is 0. The molecule has 128 valence electrons. The van der Waals surface area contributed by atoms with Gasteiger partial charge >= 0.3 is 0 Å². The van der Waals surface area contributed by atoms with Crippen molar-refractivity contribution >= 4 is 82.5 Å². The average Bonchev–Trinajstić information content (AvgIpc) is 2.47. The van der Waals surface area contributed by atoms with Crippen LogP contribution < -0.4 is 22.1 Å². The van der Waals surface area contributed by atoms with Crippen LogP contribution in [0.4, 0.5) is 23.3 Å². The summed E-state index contributed by atoms with van der Waals surface area (Å²) in [7, 11) is 0. The molecule has 0 bridgehead atoms. The third kappa shape index (κ3) is 5.49. The maximum Gasteiger partial charge on any atom is 0.223 e. The first kappa shape index (κ1) is 19.9. The monoisotopic (exact) mass is 412 g/mol. The Hall–Kier alpha value is -2.14. The maximum atomic E-state index is 10.0. The highest BCUT2D eigenvalue weighted by molar-refractivity contribution is 6.38. The van der Waals surface area contributed by atoms with Crippen molar-refractivity contribution in [2.24, 2.45) is 0 Å². The van der Waals surface area contributed by atoms with Crippen LogP contribution in [0.5, 0.6) is 0 Å². The molecule has 2 heterocycles. The zero-order chi connectivity index (χ0) is 18.3. The molecule has 0 aromatic carbocycles. The number of rotatable bonds is 4. The number of nitrogen functional groups attached to an aromatic ring is 2. The van der Waals surface area contributed by atoms with E-state index in [0.717, 1.165) is 0 Å². The molecule has 0 saturated carbocycles. The summed E-state index contributed by atoms with van der Waals surface area (Å²) in [6.07, 6.45) is 0.847. The number of amides is 2. The lowest BCUT2D eigenvalue weighted by molar-refractivity contribution is -0.106. The van der Waals surface area contributed by atoms with E-state index in [0.29, 0.717) is 12.8 Å². The largest absolute Gasteiger partial charge is 0.368 e. The fourth-order valence-electron chi connectivity index (χ4n) is 1.20. The Bertz CT molecular complexity index is 650. The summed E-state index contributed by atoms with van der Waals surface area (Å²) < 4.78 is 0. The van der Waals surface area contributed by atoms with Gasteiger partial charge in [-0.3, -0.25) is 9.59 Å². The molecule has 2 aromatic rings. The van der Waals surface area contributed by atoms with Gasteiger partial charge in [-0.05, 0) is 0 Å². The van der Waals surface area contributed by atoms with Crippen LogP contribution in [0, 0.1) is 0 Å². The number of anilines is 4. The first-order valence-corrected chi connectivity index (χ1v) is 7.18. The van der Waals surface area contributed by atoms with E-state index in [1.165, 1.54) is 0 Å². The van der Waals surface area contributed by atoms with E-state index in [4.69, 9.17) is 57.9 Å². The van der Waals surface area contributed by atoms with E-state index < -0.39 is 0 Å². The molecule has 0 aliphatic rings. The van der Waals surface area contributed by atoms with Crippen molar-refractivity contribution in [3.05, 3.63) is 20.6 Å². The standard InChI is InChI=1S/2C5H4Cl2N4O/c2*6-3-2(9-1-12)4(7)11-5(8)10-3/h2*1H,(H,9,12)(H2,8,10,11). The summed E-state index contributed by atoms with van der Waals surface area (Å²) >= 11 is 22.3. The average molecular weight is 414 g/mol. The Morgan fingerprint density at radius 3 is 1.12 bits per heavy atom. The van der Waals surface area contributed by atoms with Crippen LogP contribution in [0.2, 0.25) is 20.6 Å². The molecule has 24 heavy (non-hydrogen) atoms. The Balaban J connectivity index is 0.000000240. The number of nitrogens with one attached hydrogen (secondary N) is 2. The molecule has 0 radical (unpaired) electrons. The Kier molecular flexibility index (Phi) is 7.65. The number of nitrogens with zero attached hydrogens (tertiary/aromatic N) is 4. The minimum absolute atomic E-state index is 0.0135. The Morgan fingerprint density at radius 2 is 0.917 bits per heavy atom. The lowest BCUT2D eigenvalue weighted by atomic mass is 10.5. The zero-order valence-electron chi connectivity index (χ0n) is 11.4. The van der Waals surface area contributed by atoms with Crippen molar-refractivity contribution in [2.75, 3.05) is 22.1 Å². The lowest BCUT2D eigenvalue weighted by Crippen LogP contribution is -2.02. The van der Waals surface area contributed by atoms with Crippen molar-refractivity contribution in [1.29, 1.82) is 0 Å². The highest BCUT2D eigenvalue weighted by atomic mass is 35.5. The van der Waals surface area contributed by atoms with Crippen LogP contribution in [-0.2, 0) is 9.59 Å². The molecule has 6 N–H and O–H groups in total. The summed E-state index contributed by atoms with van der Waals surface area (Å²) in [4.78, 5) is 34.4. The van der Waals surface area contributed by atoms with Gasteiger partial charge in [-0.1, -0.05) is 46.4 Å². The van der Waals surface area contributed by atoms with Gasteiger partial charge in [0.2, 0.25) is 24.7 Å². The molecule has 0 aliphatic carbocycles. The molecule has 0 saturated heterocycles. The number of hydrogen-bond donors (Lipinski definition) is 4. The van der Waals surface area contributed by atoms with Crippen molar-refractivity contribution in [1.82, 2.24) is 19.9 Å². The Morgan fingerprint density at radius 1 is 0.667 bits per heavy atom. The summed E-state index contributed by atoms with van der Waals surface area (Å²) in [5, 5.41) is 4.55. The highest BCUT2D eigenvalue weighted by Gasteiger charge is 2.09. The van der Waals surface area contributed by atoms with Crippen LogP contribution in [-0.4, -0.2) is 32.8 Å². The van der Waals surface area contributed by atoms with Crippen molar-refractivity contribution in [3.8, 4) is 0 Å². The van der Waals surface area contributed by atoms with Gasteiger partial charge in [0.25, 0.3) is 0 Å². The second-order valence-corrected chi connectivity index (χ2v) is 5.03. The molecule has 2 amide bonds. The summed E-state index contributed by atoms with van der Waals surface area (Å²) in [5.41, 5.74) is 10.7. The van der Waals surface area contributed by atoms with Gasteiger partial charge in [-0.2, -0.15) is 19.9 Å². The number of nitrogens with two attached hydrogens (primary N) is 2. The molecule has 2 aromatic heterocycles. The molecule has 0 unspecified atom stereocenters. The number of hydrogen-bond acceptors (Lipinski definition) is 8. The highest BCUT2D eigenvalue weighted by Crippen LogP contribution is 2.27. The minimum Gasteiger partial charge on any atom is -0.368 e.